The van der Waals surface area contributed by atoms with Crippen LogP contribution < -0.4 is 20.3 Å². The van der Waals surface area contributed by atoms with Gasteiger partial charge in [-0.25, -0.2) is 14.4 Å². The van der Waals surface area contributed by atoms with Crippen LogP contribution in [0.25, 0.3) is 11.4 Å². The lowest BCUT2D eigenvalue weighted by molar-refractivity contribution is -0.143. The van der Waals surface area contributed by atoms with Gasteiger partial charge in [0.15, 0.2) is 12.0 Å². The summed E-state index contributed by atoms with van der Waals surface area (Å²) in [5, 5.41) is 15.8. The van der Waals surface area contributed by atoms with Gasteiger partial charge >= 0.3 is 0 Å². The number of carbonyl (C=O) groups is 2. The van der Waals surface area contributed by atoms with Crippen LogP contribution in [0.15, 0.2) is 48.8 Å². The summed E-state index contributed by atoms with van der Waals surface area (Å²) in [5.41, 5.74) is 2.81. The van der Waals surface area contributed by atoms with Crippen LogP contribution in [-0.2, 0) is 14.3 Å². The van der Waals surface area contributed by atoms with E-state index in [0.717, 1.165) is 45.1 Å². The molecule has 4 fully saturated rings. The number of anilines is 3. The molecule has 14 heteroatoms. The first-order valence-electron chi connectivity index (χ1n) is 16.5. The molecular formula is C34H38FN9O4. The van der Waals surface area contributed by atoms with Crippen molar-refractivity contribution in [2.24, 2.45) is 5.92 Å². The van der Waals surface area contributed by atoms with Gasteiger partial charge in [0.2, 0.25) is 17.8 Å². The highest BCUT2D eigenvalue weighted by atomic mass is 19.1. The molecule has 2 aromatic carbocycles. The molecule has 5 heterocycles. The van der Waals surface area contributed by atoms with Crippen LogP contribution in [0.4, 0.5) is 21.7 Å². The summed E-state index contributed by atoms with van der Waals surface area (Å²) in [6, 6.07) is 15.8. The lowest BCUT2D eigenvalue weighted by atomic mass is 9.94. The van der Waals surface area contributed by atoms with Crippen LogP contribution in [0, 0.1) is 17.2 Å². The number of nitrogens with one attached hydrogen (secondary N) is 2. The number of carbonyl (C=O) groups excluding carboxylic acids is 2. The van der Waals surface area contributed by atoms with Crippen molar-refractivity contribution >= 4 is 29.1 Å². The van der Waals surface area contributed by atoms with Crippen molar-refractivity contribution in [3.05, 3.63) is 54.4 Å². The molecule has 1 unspecified atom stereocenters. The first kappa shape index (κ1) is 31.7. The second-order valence-electron chi connectivity index (χ2n) is 12.6. The fourth-order valence-electron chi connectivity index (χ4n) is 6.65. The number of alkyl halides is 1. The Balaban J connectivity index is 0.952. The Morgan fingerprint density at radius 1 is 1.06 bits per heavy atom. The van der Waals surface area contributed by atoms with E-state index in [0.29, 0.717) is 42.9 Å². The summed E-state index contributed by atoms with van der Waals surface area (Å²) in [4.78, 5) is 44.1. The molecule has 7 rings (SSSR count). The maximum absolute atomic E-state index is 15.2. The number of hydrogen-bond acceptors (Lipinski definition) is 11. The second-order valence-corrected chi connectivity index (χ2v) is 12.6. The summed E-state index contributed by atoms with van der Waals surface area (Å²) in [6.45, 7) is 6.36. The van der Waals surface area contributed by atoms with Crippen molar-refractivity contribution < 1.29 is 23.5 Å². The zero-order valence-corrected chi connectivity index (χ0v) is 26.6. The largest absolute Gasteiger partial charge is 0.486 e. The number of nitriles is 1. The van der Waals surface area contributed by atoms with Crippen molar-refractivity contribution in [2.45, 2.75) is 37.6 Å². The number of likely N-dealkylation sites (tertiary alicyclic amines) is 1. The van der Waals surface area contributed by atoms with E-state index < -0.39 is 18.2 Å². The van der Waals surface area contributed by atoms with Gasteiger partial charge in [0.1, 0.15) is 24.3 Å². The number of rotatable bonds is 8. The van der Waals surface area contributed by atoms with Gasteiger partial charge in [-0.1, -0.05) is 0 Å². The van der Waals surface area contributed by atoms with Crippen molar-refractivity contribution in [1.82, 2.24) is 30.1 Å². The highest BCUT2D eigenvalue weighted by Gasteiger charge is 2.37. The maximum atomic E-state index is 15.2. The fraction of sp³-hybridized carbons (Fsp3) is 0.471. The predicted molar refractivity (Wildman–Crippen MR) is 174 cm³/mol. The predicted octanol–water partition coefficient (Wildman–Crippen LogP) is 2.52. The lowest BCUT2D eigenvalue weighted by Crippen LogP contribution is -2.56. The standard InChI is InChI=1S/C34H38FN9O4/c35-28-18-44(33(46)23-7-9-37-31(45)16-23)10-8-30(28)48-29-6-1-22(15-24(29)17-36)32-38-21-39-34(41-32)40-25-2-4-26(5-3-25)42-11-13-43(14-12-42)27-19-47-20-27/h1-6,15,21,23,27-28,30H,7-14,16,18-20H2,(H,37,45)(H,38,39,40,41)/t23?,28-,30+/m1/s1. The van der Waals surface area contributed by atoms with Crippen molar-refractivity contribution in [3.8, 4) is 23.2 Å². The van der Waals surface area contributed by atoms with Crippen LogP contribution in [0.2, 0.25) is 0 Å². The highest BCUT2D eigenvalue weighted by Crippen LogP contribution is 2.30. The van der Waals surface area contributed by atoms with E-state index in [2.05, 4.69) is 53.6 Å². The summed E-state index contributed by atoms with van der Waals surface area (Å²) in [7, 11) is 0. The van der Waals surface area contributed by atoms with Crippen molar-refractivity contribution in [2.75, 3.05) is 69.2 Å². The molecule has 0 saturated carbocycles. The van der Waals surface area contributed by atoms with Gasteiger partial charge < -0.3 is 29.9 Å². The highest BCUT2D eigenvalue weighted by molar-refractivity contribution is 5.87. The molecule has 0 bridgehead atoms. The molecule has 3 aromatic rings. The topological polar surface area (TPSA) is 149 Å². The van der Waals surface area contributed by atoms with Gasteiger partial charge in [-0.15, -0.1) is 0 Å². The monoisotopic (exact) mass is 655 g/mol. The fourth-order valence-corrected chi connectivity index (χ4v) is 6.65. The lowest BCUT2D eigenvalue weighted by Gasteiger charge is -2.43. The average molecular weight is 656 g/mol. The number of piperazine rings is 1. The van der Waals surface area contributed by atoms with Crippen LogP contribution in [0.1, 0.15) is 24.8 Å². The number of halogens is 1. The number of nitrogens with zero attached hydrogens (tertiary/aromatic N) is 7. The smallest absolute Gasteiger partial charge is 0.230 e. The van der Waals surface area contributed by atoms with E-state index in [1.165, 1.54) is 16.9 Å². The number of amides is 2. The Morgan fingerprint density at radius 3 is 2.58 bits per heavy atom. The van der Waals surface area contributed by atoms with E-state index in [-0.39, 0.29) is 42.5 Å². The quantitative estimate of drug-likeness (QED) is 0.369. The van der Waals surface area contributed by atoms with E-state index in [1.54, 1.807) is 18.2 Å². The summed E-state index contributed by atoms with van der Waals surface area (Å²) < 4.78 is 26.6. The minimum Gasteiger partial charge on any atom is -0.486 e. The molecule has 0 radical (unpaired) electrons. The molecule has 2 amide bonds. The SMILES string of the molecule is N#Cc1cc(-c2ncnc(Nc3ccc(N4CCN(C5COC5)CC4)cc3)n2)ccc1O[C@H]1CCN(C(=O)C2CCNC(=O)C2)C[C@H]1F. The Hall–Kier alpha value is -4.87. The summed E-state index contributed by atoms with van der Waals surface area (Å²) >= 11 is 0. The maximum Gasteiger partial charge on any atom is 0.230 e. The van der Waals surface area contributed by atoms with Crippen molar-refractivity contribution in [3.63, 3.8) is 0 Å². The minimum atomic E-state index is -1.43. The van der Waals surface area contributed by atoms with Gasteiger partial charge in [0.05, 0.1) is 31.4 Å². The van der Waals surface area contributed by atoms with Crippen LogP contribution in [-0.4, -0.2) is 114 Å². The third-order valence-corrected chi connectivity index (χ3v) is 9.54. The number of hydrogen-bond donors (Lipinski definition) is 2. The molecule has 13 nitrogen and oxygen atoms in total. The van der Waals surface area contributed by atoms with E-state index in [9.17, 15) is 14.9 Å². The Morgan fingerprint density at radius 2 is 1.88 bits per heavy atom. The van der Waals surface area contributed by atoms with E-state index in [4.69, 9.17) is 9.47 Å². The number of piperidine rings is 2. The van der Waals surface area contributed by atoms with Gasteiger partial charge in [0.25, 0.3) is 0 Å². The van der Waals surface area contributed by atoms with E-state index >= 15 is 4.39 Å². The molecule has 3 atom stereocenters. The average Bonchev–Trinajstić information content (AvgIpc) is 3.09. The van der Waals surface area contributed by atoms with Gasteiger partial charge in [-0.05, 0) is 48.9 Å². The molecule has 2 N–H and O–H groups in total. The molecule has 4 saturated heterocycles. The van der Waals surface area contributed by atoms with Gasteiger partial charge in [-0.2, -0.15) is 10.2 Å². The van der Waals surface area contributed by atoms with E-state index in [1.807, 2.05) is 12.1 Å². The molecule has 48 heavy (non-hydrogen) atoms. The first-order chi connectivity index (χ1) is 23.4. The Kier molecular flexibility index (Phi) is 9.31. The molecule has 0 aliphatic carbocycles. The molecular weight excluding hydrogens is 617 g/mol. The minimum absolute atomic E-state index is 0.113. The second kappa shape index (κ2) is 14.1. The summed E-state index contributed by atoms with van der Waals surface area (Å²) in [6.07, 6.45) is 0.116. The number of ether oxygens (including phenoxy) is 2. The molecule has 4 aliphatic rings. The molecule has 0 spiro atoms. The van der Waals surface area contributed by atoms with Crippen molar-refractivity contribution in [1.29, 1.82) is 5.26 Å². The number of aromatic nitrogens is 3. The third kappa shape index (κ3) is 7.02. The zero-order chi connectivity index (χ0) is 33.0. The molecule has 1 aromatic heterocycles. The zero-order valence-electron chi connectivity index (χ0n) is 26.6. The Bertz CT molecular complexity index is 1670. The third-order valence-electron chi connectivity index (χ3n) is 9.54. The van der Waals surface area contributed by atoms with Crippen LogP contribution in [0.3, 0.4) is 0 Å². The summed E-state index contributed by atoms with van der Waals surface area (Å²) in [5.74, 6) is 0.214. The molecule has 250 valence electrons. The normalized spacial score (nSPS) is 23.5. The van der Waals surface area contributed by atoms with Crippen LogP contribution >= 0.6 is 0 Å². The van der Waals surface area contributed by atoms with Gasteiger partial charge in [0, 0.05) is 75.0 Å². The Labute approximate surface area is 278 Å². The van der Waals surface area contributed by atoms with Crippen LogP contribution in [0.5, 0.6) is 5.75 Å². The van der Waals surface area contributed by atoms with Gasteiger partial charge in [-0.3, -0.25) is 14.5 Å². The number of benzene rings is 2. The first-order valence-corrected chi connectivity index (χ1v) is 16.5. The molecule has 4 aliphatic heterocycles.